The number of anilines is 1. The van der Waals surface area contributed by atoms with Crippen LogP contribution in [0, 0.1) is 0 Å². The van der Waals surface area contributed by atoms with Crippen LogP contribution in [0.1, 0.15) is 15.9 Å². The van der Waals surface area contributed by atoms with Gasteiger partial charge in [-0.2, -0.15) is 0 Å². The molecule has 0 bridgehead atoms. The molecule has 1 aromatic carbocycles. The fourth-order valence-corrected chi connectivity index (χ4v) is 1.78. The van der Waals surface area contributed by atoms with E-state index in [0.29, 0.717) is 5.56 Å². The molecule has 0 aromatic heterocycles. The first-order chi connectivity index (χ1) is 7.20. The molecule has 4 nitrogen and oxygen atoms in total. The van der Waals surface area contributed by atoms with Crippen molar-refractivity contribution in [2.45, 2.75) is 12.5 Å². The lowest BCUT2D eigenvalue weighted by Crippen LogP contribution is -2.29. The zero-order chi connectivity index (χ0) is 10.8. The fourth-order valence-electron chi connectivity index (χ4n) is 1.78. The zero-order valence-corrected chi connectivity index (χ0v) is 8.49. The summed E-state index contributed by atoms with van der Waals surface area (Å²) >= 11 is 0. The summed E-state index contributed by atoms with van der Waals surface area (Å²) in [4.78, 5) is 10.8. The van der Waals surface area contributed by atoms with E-state index in [1.165, 1.54) is 0 Å². The lowest BCUT2D eigenvalue weighted by molar-refractivity contribution is 0.0696. The Balaban J connectivity index is 2.30. The van der Waals surface area contributed by atoms with E-state index in [2.05, 4.69) is 5.32 Å². The smallest absolute Gasteiger partial charge is 0.335 e. The summed E-state index contributed by atoms with van der Waals surface area (Å²) in [6.45, 7) is 0.774. The molecular formula is C11H13NO3. The van der Waals surface area contributed by atoms with Gasteiger partial charge in [0, 0.05) is 25.8 Å². The topological polar surface area (TPSA) is 58.6 Å². The summed E-state index contributed by atoms with van der Waals surface area (Å²) in [5.41, 5.74) is 2.34. The molecule has 0 fully saturated rings. The third-order valence-corrected chi connectivity index (χ3v) is 2.65. The second-order valence-electron chi connectivity index (χ2n) is 3.62. The molecule has 1 aromatic rings. The number of fused-ring (bicyclic) bond motifs is 1. The van der Waals surface area contributed by atoms with E-state index in [9.17, 15) is 4.79 Å². The van der Waals surface area contributed by atoms with Crippen molar-refractivity contribution in [1.82, 2.24) is 0 Å². The van der Waals surface area contributed by atoms with E-state index < -0.39 is 5.97 Å². The highest BCUT2D eigenvalue weighted by Gasteiger charge is 2.18. The minimum atomic E-state index is -0.891. The average molecular weight is 207 g/mol. The number of benzene rings is 1. The van der Waals surface area contributed by atoms with E-state index in [1.54, 1.807) is 19.2 Å². The number of nitrogens with one attached hydrogen (secondary N) is 1. The molecule has 80 valence electrons. The van der Waals surface area contributed by atoms with Gasteiger partial charge in [-0.15, -0.1) is 0 Å². The van der Waals surface area contributed by atoms with Crippen LogP contribution in [-0.2, 0) is 11.2 Å². The van der Waals surface area contributed by atoms with Gasteiger partial charge < -0.3 is 15.2 Å². The second kappa shape index (κ2) is 3.90. The number of carboxylic acid groups (broad SMARTS) is 1. The Morgan fingerprint density at radius 1 is 1.60 bits per heavy atom. The summed E-state index contributed by atoms with van der Waals surface area (Å²) in [6.07, 6.45) is 0.890. The van der Waals surface area contributed by atoms with Gasteiger partial charge in [0.05, 0.1) is 11.7 Å². The molecule has 15 heavy (non-hydrogen) atoms. The molecule has 1 unspecified atom stereocenters. The van der Waals surface area contributed by atoms with Crippen LogP contribution < -0.4 is 5.32 Å². The predicted octanol–water partition coefficient (Wildman–Crippen LogP) is 1.37. The van der Waals surface area contributed by atoms with Crippen molar-refractivity contribution in [2.24, 2.45) is 0 Å². The van der Waals surface area contributed by atoms with Crippen LogP contribution in [0.5, 0.6) is 0 Å². The number of ether oxygens (including phenoxy) is 1. The number of hydrogen-bond acceptors (Lipinski definition) is 3. The third-order valence-electron chi connectivity index (χ3n) is 2.65. The molecule has 4 heteroatoms. The van der Waals surface area contributed by atoms with Gasteiger partial charge in [-0.25, -0.2) is 4.79 Å². The quantitative estimate of drug-likeness (QED) is 0.769. The Bertz CT molecular complexity index is 389. The molecule has 1 aliphatic rings. The van der Waals surface area contributed by atoms with Crippen molar-refractivity contribution < 1.29 is 14.6 Å². The van der Waals surface area contributed by atoms with Gasteiger partial charge in [-0.05, 0) is 23.8 Å². The van der Waals surface area contributed by atoms with Crippen molar-refractivity contribution in [2.75, 3.05) is 19.0 Å². The van der Waals surface area contributed by atoms with E-state index in [0.717, 1.165) is 24.2 Å². The summed E-state index contributed by atoms with van der Waals surface area (Å²) < 4.78 is 5.24. The summed E-state index contributed by atoms with van der Waals surface area (Å²) in [5, 5.41) is 12.1. The molecule has 0 aliphatic carbocycles. The molecular weight excluding hydrogens is 194 g/mol. The maximum Gasteiger partial charge on any atom is 0.335 e. The minimum Gasteiger partial charge on any atom is -0.478 e. The molecule has 0 saturated heterocycles. The number of aromatic carboxylic acids is 1. The Labute approximate surface area is 87.9 Å². The normalized spacial score (nSPS) is 19.1. The van der Waals surface area contributed by atoms with E-state index in [-0.39, 0.29) is 6.10 Å². The zero-order valence-electron chi connectivity index (χ0n) is 8.49. The molecule has 1 heterocycles. The molecule has 0 amide bonds. The first-order valence-corrected chi connectivity index (χ1v) is 4.83. The molecule has 0 radical (unpaired) electrons. The second-order valence-corrected chi connectivity index (χ2v) is 3.62. The van der Waals surface area contributed by atoms with Crippen LogP contribution in [0.2, 0.25) is 0 Å². The summed E-state index contributed by atoms with van der Waals surface area (Å²) in [5.74, 6) is -0.891. The van der Waals surface area contributed by atoms with Crippen molar-refractivity contribution >= 4 is 11.7 Å². The van der Waals surface area contributed by atoms with Crippen molar-refractivity contribution in [1.29, 1.82) is 0 Å². The Morgan fingerprint density at radius 3 is 3.07 bits per heavy atom. The summed E-state index contributed by atoms with van der Waals surface area (Å²) in [7, 11) is 1.67. The van der Waals surface area contributed by atoms with Gasteiger partial charge in [0.2, 0.25) is 0 Å². The standard InChI is InChI=1S/C11H13NO3/c1-15-9-5-8-4-7(11(13)14)2-3-10(8)12-6-9/h2-4,9,12H,5-6H2,1H3,(H,13,14). The van der Waals surface area contributed by atoms with Gasteiger partial charge >= 0.3 is 5.97 Å². The first kappa shape index (κ1) is 9.98. The van der Waals surface area contributed by atoms with E-state index >= 15 is 0 Å². The highest BCUT2D eigenvalue weighted by Crippen LogP contribution is 2.24. The molecule has 2 rings (SSSR count). The van der Waals surface area contributed by atoms with Gasteiger partial charge in [0.15, 0.2) is 0 Å². The monoisotopic (exact) mass is 207 g/mol. The van der Waals surface area contributed by atoms with Crippen LogP contribution in [0.3, 0.4) is 0 Å². The minimum absolute atomic E-state index is 0.126. The van der Waals surface area contributed by atoms with Crippen LogP contribution in [-0.4, -0.2) is 30.8 Å². The third kappa shape index (κ3) is 1.94. The van der Waals surface area contributed by atoms with E-state index in [4.69, 9.17) is 9.84 Å². The fraction of sp³-hybridized carbons (Fsp3) is 0.364. The lowest BCUT2D eigenvalue weighted by atomic mass is 9.99. The Kier molecular flexibility index (Phi) is 2.60. The van der Waals surface area contributed by atoms with Crippen LogP contribution in [0.4, 0.5) is 5.69 Å². The number of carbonyl (C=O) groups is 1. The largest absolute Gasteiger partial charge is 0.478 e. The van der Waals surface area contributed by atoms with Crippen LogP contribution in [0.15, 0.2) is 18.2 Å². The maximum atomic E-state index is 10.8. The van der Waals surface area contributed by atoms with Crippen molar-refractivity contribution in [3.63, 3.8) is 0 Å². The average Bonchev–Trinajstić information content (AvgIpc) is 2.27. The molecule has 1 atom stereocenters. The Morgan fingerprint density at radius 2 is 2.40 bits per heavy atom. The number of carboxylic acids is 1. The number of hydrogen-bond donors (Lipinski definition) is 2. The lowest BCUT2D eigenvalue weighted by Gasteiger charge is -2.25. The first-order valence-electron chi connectivity index (χ1n) is 4.83. The number of rotatable bonds is 2. The van der Waals surface area contributed by atoms with Crippen LogP contribution >= 0.6 is 0 Å². The van der Waals surface area contributed by atoms with Gasteiger partial charge in [0.1, 0.15) is 0 Å². The highest BCUT2D eigenvalue weighted by molar-refractivity contribution is 5.88. The molecule has 0 spiro atoms. The van der Waals surface area contributed by atoms with E-state index in [1.807, 2.05) is 6.07 Å². The van der Waals surface area contributed by atoms with Gasteiger partial charge in [-0.1, -0.05) is 0 Å². The highest BCUT2D eigenvalue weighted by atomic mass is 16.5. The van der Waals surface area contributed by atoms with Gasteiger partial charge in [-0.3, -0.25) is 0 Å². The van der Waals surface area contributed by atoms with Crippen molar-refractivity contribution in [3.8, 4) is 0 Å². The Hall–Kier alpha value is -1.55. The number of methoxy groups -OCH3 is 1. The molecule has 1 aliphatic heterocycles. The molecule has 2 N–H and O–H groups in total. The summed E-state index contributed by atoms with van der Waals surface area (Å²) in [6, 6.07) is 5.13. The maximum absolute atomic E-state index is 10.8. The SMILES string of the molecule is COC1CNc2ccc(C(=O)O)cc2C1. The predicted molar refractivity (Wildman–Crippen MR) is 56.4 cm³/mol. The molecule has 0 saturated carbocycles. The van der Waals surface area contributed by atoms with Crippen molar-refractivity contribution in [3.05, 3.63) is 29.3 Å². The van der Waals surface area contributed by atoms with Gasteiger partial charge in [0.25, 0.3) is 0 Å². The van der Waals surface area contributed by atoms with Crippen LogP contribution in [0.25, 0.3) is 0 Å².